The number of hydrogen-bond donors (Lipinski definition) is 2. The number of nitrogens with zero attached hydrogens (tertiary/aromatic N) is 2. The average Bonchev–Trinajstić information content (AvgIpc) is 2.78. The van der Waals surface area contributed by atoms with Gasteiger partial charge >= 0.3 is 0 Å². The van der Waals surface area contributed by atoms with Gasteiger partial charge in [0.2, 0.25) is 6.10 Å². The molecule has 2 aromatic rings. The van der Waals surface area contributed by atoms with Crippen LogP contribution < -0.4 is 25.2 Å². The van der Waals surface area contributed by atoms with Crippen LogP contribution >= 0.6 is 0 Å². The molecule has 29 heavy (non-hydrogen) atoms. The molecule has 0 spiro atoms. The van der Waals surface area contributed by atoms with Gasteiger partial charge in [0.05, 0.1) is 6.54 Å². The van der Waals surface area contributed by atoms with Gasteiger partial charge in [-0.1, -0.05) is 30.3 Å². The van der Waals surface area contributed by atoms with Crippen molar-refractivity contribution in [2.75, 3.05) is 44.2 Å². The van der Waals surface area contributed by atoms with Crippen LogP contribution in [0.25, 0.3) is 0 Å². The van der Waals surface area contributed by atoms with Gasteiger partial charge in [-0.2, -0.15) is 0 Å². The number of carbonyl (C=O) groups excluding carboxylic acids is 2. The molecule has 4 rings (SSSR count). The van der Waals surface area contributed by atoms with Crippen LogP contribution in [-0.4, -0.2) is 62.1 Å². The standard InChI is InChI=1S/C21H24N4O4/c26-20(14-24-10-12-25(13-11-24)16-6-2-1-3-7-16)22-23-21(27)19-15-28-17-8-4-5-9-18(17)29-19/h1-9,19H,10-15H2,(H,22,26)(H,23,27)/t19-/m0/s1. The second-order valence-corrected chi connectivity index (χ2v) is 7.00. The summed E-state index contributed by atoms with van der Waals surface area (Å²) in [6.45, 7) is 3.61. The van der Waals surface area contributed by atoms with E-state index in [1.807, 2.05) is 30.3 Å². The Labute approximate surface area is 169 Å². The van der Waals surface area contributed by atoms with E-state index in [-0.39, 0.29) is 19.1 Å². The maximum absolute atomic E-state index is 12.3. The quantitative estimate of drug-likeness (QED) is 0.744. The second kappa shape index (κ2) is 8.83. The van der Waals surface area contributed by atoms with Crippen molar-refractivity contribution in [2.45, 2.75) is 6.10 Å². The number of amides is 2. The Bertz CT molecular complexity index is 853. The van der Waals surface area contributed by atoms with Gasteiger partial charge in [0, 0.05) is 31.9 Å². The Morgan fingerprint density at radius 2 is 1.59 bits per heavy atom. The molecule has 152 valence electrons. The number of rotatable bonds is 4. The molecule has 1 fully saturated rings. The number of ether oxygens (including phenoxy) is 2. The monoisotopic (exact) mass is 396 g/mol. The summed E-state index contributed by atoms with van der Waals surface area (Å²) in [6.07, 6.45) is -0.806. The van der Waals surface area contributed by atoms with Gasteiger partial charge in [-0.3, -0.25) is 25.3 Å². The molecular weight excluding hydrogens is 372 g/mol. The lowest BCUT2D eigenvalue weighted by atomic mass is 10.2. The van der Waals surface area contributed by atoms with Crippen molar-refractivity contribution >= 4 is 17.5 Å². The van der Waals surface area contributed by atoms with Crippen LogP contribution in [-0.2, 0) is 9.59 Å². The summed E-state index contributed by atoms with van der Waals surface area (Å²) in [7, 11) is 0. The minimum atomic E-state index is -0.806. The van der Waals surface area contributed by atoms with Crippen molar-refractivity contribution in [1.82, 2.24) is 15.8 Å². The summed E-state index contributed by atoms with van der Waals surface area (Å²) < 4.78 is 11.1. The van der Waals surface area contributed by atoms with Crippen LogP contribution in [0.2, 0.25) is 0 Å². The Morgan fingerprint density at radius 1 is 0.897 bits per heavy atom. The van der Waals surface area contributed by atoms with Crippen LogP contribution in [0.3, 0.4) is 0 Å². The van der Waals surface area contributed by atoms with E-state index >= 15 is 0 Å². The molecule has 2 heterocycles. The average molecular weight is 396 g/mol. The number of para-hydroxylation sites is 3. The number of anilines is 1. The van der Waals surface area contributed by atoms with Gasteiger partial charge in [-0.05, 0) is 24.3 Å². The Hall–Kier alpha value is -3.26. The first-order chi connectivity index (χ1) is 14.2. The largest absolute Gasteiger partial charge is 0.485 e. The number of piperazine rings is 1. The maximum Gasteiger partial charge on any atom is 0.283 e. The molecule has 0 saturated carbocycles. The van der Waals surface area contributed by atoms with E-state index in [1.165, 1.54) is 5.69 Å². The zero-order valence-electron chi connectivity index (χ0n) is 16.0. The van der Waals surface area contributed by atoms with E-state index in [1.54, 1.807) is 12.1 Å². The lowest BCUT2D eigenvalue weighted by molar-refractivity contribution is -0.135. The lowest BCUT2D eigenvalue weighted by Gasteiger charge is -2.35. The first-order valence-corrected chi connectivity index (χ1v) is 9.68. The molecule has 2 aliphatic heterocycles. The van der Waals surface area contributed by atoms with Crippen molar-refractivity contribution in [3.05, 3.63) is 54.6 Å². The van der Waals surface area contributed by atoms with Crippen molar-refractivity contribution < 1.29 is 19.1 Å². The van der Waals surface area contributed by atoms with Crippen molar-refractivity contribution in [2.24, 2.45) is 0 Å². The van der Waals surface area contributed by atoms with E-state index in [0.29, 0.717) is 11.5 Å². The predicted molar refractivity (Wildman–Crippen MR) is 108 cm³/mol. The molecule has 2 aliphatic rings. The predicted octanol–water partition coefficient (Wildman–Crippen LogP) is 0.796. The van der Waals surface area contributed by atoms with Crippen LogP contribution in [0.4, 0.5) is 5.69 Å². The van der Waals surface area contributed by atoms with Crippen LogP contribution in [0.5, 0.6) is 11.5 Å². The number of benzene rings is 2. The summed E-state index contributed by atoms with van der Waals surface area (Å²) in [5.41, 5.74) is 6.09. The Morgan fingerprint density at radius 3 is 2.34 bits per heavy atom. The van der Waals surface area contributed by atoms with Gasteiger partial charge < -0.3 is 14.4 Å². The fourth-order valence-electron chi connectivity index (χ4n) is 3.41. The molecule has 8 heteroatoms. The zero-order valence-corrected chi connectivity index (χ0v) is 16.0. The van der Waals surface area contributed by atoms with Crippen LogP contribution in [0.15, 0.2) is 54.6 Å². The van der Waals surface area contributed by atoms with E-state index in [9.17, 15) is 9.59 Å². The first kappa shape index (κ1) is 19.1. The van der Waals surface area contributed by atoms with E-state index in [2.05, 4.69) is 32.8 Å². The zero-order chi connectivity index (χ0) is 20.1. The molecule has 2 N–H and O–H groups in total. The van der Waals surface area contributed by atoms with Gasteiger partial charge in [0.1, 0.15) is 6.61 Å². The summed E-state index contributed by atoms with van der Waals surface area (Å²) in [5, 5.41) is 0. The van der Waals surface area contributed by atoms with E-state index < -0.39 is 12.0 Å². The van der Waals surface area contributed by atoms with Crippen molar-refractivity contribution in [1.29, 1.82) is 0 Å². The topological polar surface area (TPSA) is 83.1 Å². The second-order valence-electron chi connectivity index (χ2n) is 7.00. The van der Waals surface area contributed by atoms with Crippen LogP contribution in [0, 0.1) is 0 Å². The van der Waals surface area contributed by atoms with Gasteiger partial charge in [-0.25, -0.2) is 0 Å². The van der Waals surface area contributed by atoms with Crippen molar-refractivity contribution in [3.8, 4) is 11.5 Å². The molecule has 0 aromatic heterocycles. The molecule has 8 nitrogen and oxygen atoms in total. The highest BCUT2D eigenvalue weighted by Crippen LogP contribution is 2.30. The fraction of sp³-hybridized carbons (Fsp3) is 0.333. The number of hydrazine groups is 1. The fourth-order valence-corrected chi connectivity index (χ4v) is 3.41. The third-order valence-corrected chi connectivity index (χ3v) is 4.99. The Balaban J connectivity index is 1.18. The minimum absolute atomic E-state index is 0.0974. The van der Waals surface area contributed by atoms with Gasteiger partial charge in [0.15, 0.2) is 11.5 Å². The van der Waals surface area contributed by atoms with E-state index in [0.717, 1.165) is 26.2 Å². The number of carbonyl (C=O) groups is 2. The minimum Gasteiger partial charge on any atom is -0.485 e. The Kier molecular flexibility index (Phi) is 5.81. The van der Waals surface area contributed by atoms with E-state index in [4.69, 9.17) is 9.47 Å². The first-order valence-electron chi connectivity index (χ1n) is 9.68. The van der Waals surface area contributed by atoms with Crippen LogP contribution in [0.1, 0.15) is 0 Å². The van der Waals surface area contributed by atoms with Gasteiger partial charge in [0.25, 0.3) is 11.8 Å². The SMILES string of the molecule is O=C(CN1CCN(c2ccccc2)CC1)NNC(=O)[C@@H]1COc2ccccc2O1. The summed E-state index contributed by atoms with van der Waals surface area (Å²) >= 11 is 0. The maximum atomic E-state index is 12.3. The molecule has 1 saturated heterocycles. The lowest BCUT2D eigenvalue weighted by Crippen LogP contribution is -2.54. The summed E-state index contributed by atoms with van der Waals surface area (Å²) in [4.78, 5) is 28.8. The molecule has 0 bridgehead atoms. The van der Waals surface area contributed by atoms with Gasteiger partial charge in [-0.15, -0.1) is 0 Å². The smallest absolute Gasteiger partial charge is 0.283 e. The number of nitrogens with one attached hydrogen (secondary N) is 2. The normalized spacial score (nSPS) is 18.8. The molecule has 0 aliphatic carbocycles. The van der Waals surface area contributed by atoms with Crippen molar-refractivity contribution in [3.63, 3.8) is 0 Å². The highest BCUT2D eigenvalue weighted by molar-refractivity contribution is 5.85. The number of fused-ring (bicyclic) bond motifs is 1. The third-order valence-electron chi connectivity index (χ3n) is 4.99. The highest BCUT2D eigenvalue weighted by atomic mass is 16.6. The molecule has 0 radical (unpaired) electrons. The molecule has 2 aromatic carbocycles. The summed E-state index contributed by atoms with van der Waals surface area (Å²) in [5.74, 6) is 0.419. The molecule has 1 atom stereocenters. The summed E-state index contributed by atoms with van der Waals surface area (Å²) in [6, 6.07) is 17.4. The molecule has 2 amide bonds. The third kappa shape index (κ3) is 4.78. The molecule has 0 unspecified atom stereocenters. The number of hydrogen-bond acceptors (Lipinski definition) is 6. The molecular formula is C21H24N4O4. The highest BCUT2D eigenvalue weighted by Gasteiger charge is 2.27.